The molecular weight excluding hydrogens is 328 g/mol. The van der Waals surface area contributed by atoms with Gasteiger partial charge in [0.1, 0.15) is 18.5 Å². The molecule has 0 spiro atoms. The summed E-state index contributed by atoms with van der Waals surface area (Å²) in [5, 5.41) is 7.55. The number of esters is 1. The number of aromatic nitrogens is 3. The number of fused-ring (bicyclic) bond motifs is 1. The second-order valence-corrected chi connectivity index (χ2v) is 7.17. The Morgan fingerprint density at radius 2 is 2.04 bits per heavy atom. The number of ether oxygens (including phenoxy) is 1. The van der Waals surface area contributed by atoms with Gasteiger partial charge in [0.25, 0.3) is 0 Å². The van der Waals surface area contributed by atoms with Gasteiger partial charge in [-0.05, 0) is 45.1 Å². The number of anilines is 1. The fourth-order valence-corrected chi connectivity index (χ4v) is 3.90. The van der Waals surface area contributed by atoms with Crippen molar-refractivity contribution in [2.24, 2.45) is 0 Å². The highest BCUT2D eigenvalue weighted by molar-refractivity contribution is 5.92. The van der Waals surface area contributed by atoms with Crippen molar-refractivity contribution in [1.29, 1.82) is 0 Å². The summed E-state index contributed by atoms with van der Waals surface area (Å²) in [4.78, 5) is 17.4. The van der Waals surface area contributed by atoms with E-state index < -0.39 is 0 Å². The first-order valence-electron chi connectivity index (χ1n) is 9.28. The van der Waals surface area contributed by atoms with Gasteiger partial charge in [-0.3, -0.25) is 0 Å². The molecule has 0 saturated heterocycles. The minimum absolute atomic E-state index is 0.0202. The van der Waals surface area contributed by atoms with Crippen LogP contribution in [0.2, 0.25) is 0 Å². The van der Waals surface area contributed by atoms with E-state index in [-0.39, 0.29) is 18.1 Å². The normalized spacial score (nSPS) is 20.5. The van der Waals surface area contributed by atoms with Crippen LogP contribution < -0.4 is 5.32 Å². The number of carbonyl (C=O) groups is 1. The smallest absolute Gasteiger partial charge is 0.338 e. The van der Waals surface area contributed by atoms with Crippen LogP contribution in [0.5, 0.6) is 0 Å². The minimum Gasteiger partial charge on any atom is -0.459 e. The minimum atomic E-state index is -0.329. The first-order chi connectivity index (χ1) is 12.6. The molecule has 1 N–H and O–H groups in total. The van der Waals surface area contributed by atoms with E-state index in [2.05, 4.69) is 21.5 Å². The lowest BCUT2D eigenvalue weighted by Gasteiger charge is -2.30. The molecule has 2 heterocycles. The van der Waals surface area contributed by atoms with Gasteiger partial charge in [0.15, 0.2) is 0 Å². The van der Waals surface area contributed by atoms with Gasteiger partial charge in [-0.15, -0.1) is 0 Å². The first-order valence-corrected chi connectivity index (χ1v) is 9.28. The average Bonchev–Trinajstić information content (AvgIpc) is 3.09. The number of nitrogens with one attached hydrogen (secondary N) is 1. The number of hydrogen-bond donors (Lipinski definition) is 1. The van der Waals surface area contributed by atoms with Gasteiger partial charge in [0.05, 0.1) is 5.57 Å². The zero-order valence-corrected chi connectivity index (χ0v) is 15.2. The fraction of sp³-hybridized carbons (Fsp3) is 0.450. The molecular formula is C20H24N4O2. The highest BCUT2D eigenvalue weighted by Gasteiger charge is 2.35. The molecule has 1 fully saturated rings. The molecule has 4 rings (SSSR count). The van der Waals surface area contributed by atoms with Gasteiger partial charge >= 0.3 is 5.97 Å². The Kier molecular flexibility index (Phi) is 4.49. The molecule has 1 aromatic heterocycles. The molecule has 1 unspecified atom stereocenters. The predicted octanol–water partition coefficient (Wildman–Crippen LogP) is 3.75. The largest absolute Gasteiger partial charge is 0.459 e. The van der Waals surface area contributed by atoms with Crippen LogP contribution in [0.15, 0.2) is 41.9 Å². The number of aryl methyl sites for hydroxylation is 1. The second kappa shape index (κ2) is 6.94. The van der Waals surface area contributed by atoms with Crippen molar-refractivity contribution in [2.75, 3.05) is 5.32 Å². The van der Waals surface area contributed by atoms with Crippen LogP contribution in [0.25, 0.3) is 0 Å². The van der Waals surface area contributed by atoms with Crippen molar-refractivity contribution in [3.63, 3.8) is 0 Å². The third-order valence-corrected chi connectivity index (χ3v) is 5.20. The van der Waals surface area contributed by atoms with Crippen molar-refractivity contribution < 1.29 is 9.53 Å². The number of carbonyl (C=O) groups excluding carboxylic acids is 1. The molecule has 2 aliphatic rings. The van der Waals surface area contributed by atoms with Crippen LogP contribution >= 0.6 is 0 Å². The molecule has 1 aromatic carbocycles. The maximum atomic E-state index is 13.1. The Morgan fingerprint density at radius 3 is 2.81 bits per heavy atom. The number of hydrogen-bond acceptors (Lipinski definition) is 5. The quantitative estimate of drug-likeness (QED) is 0.852. The zero-order chi connectivity index (χ0) is 18.1. The predicted molar refractivity (Wildman–Crippen MR) is 98.6 cm³/mol. The van der Waals surface area contributed by atoms with Crippen LogP contribution in [0.3, 0.4) is 0 Å². The number of benzene rings is 1. The van der Waals surface area contributed by atoms with Crippen LogP contribution in [0.1, 0.15) is 56.2 Å². The summed E-state index contributed by atoms with van der Waals surface area (Å²) in [7, 11) is 0. The Labute approximate surface area is 153 Å². The summed E-state index contributed by atoms with van der Waals surface area (Å²) >= 11 is 0. The van der Waals surface area contributed by atoms with Crippen LogP contribution in [-0.4, -0.2) is 26.8 Å². The second-order valence-electron chi connectivity index (χ2n) is 7.17. The van der Waals surface area contributed by atoms with E-state index in [1.54, 1.807) is 4.68 Å². The highest BCUT2D eigenvalue weighted by atomic mass is 16.5. The Hall–Kier alpha value is -2.63. The maximum Gasteiger partial charge on any atom is 0.338 e. The van der Waals surface area contributed by atoms with E-state index in [4.69, 9.17) is 4.74 Å². The lowest BCUT2D eigenvalue weighted by Crippen LogP contribution is -2.32. The lowest BCUT2D eigenvalue weighted by molar-refractivity contribution is -0.146. The summed E-state index contributed by atoms with van der Waals surface area (Å²) in [6.07, 6.45) is 6.92. The Morgan fingerprint density at radius 1 is 1.23 bits per heavy atom. The van der Waals surface area contributed by atoms with Gasteiger partial charge in [0, 0.05) is 5.70 Å². The van der Waals surface area contributed by atoms with Gasteiger partial charge in [-0.1, -0.05) is 36.2 Å². The topological polar surface area (TPSA) is 69.0 Å². The number of rotatable bonds is 3. The monoisotopic (exact) mass is 352 g/mol. The van der Waals surface area contributed by atoms with Crippen molar-refractivity contribution in [3.8, 4) is 0 Å². The third kappa shape index (κ3) is 3.11. The number of allylic oxidation sites excluding steroid dienone is 1. The Bertz CT molecular complexity index is 849. The van der Waals surface area contributed by atoms with Crippen molar-refractivity contribution in [2.45, 2.75) is 58.1 Å². The van der Waals surface area contributed by atoms with E-state index in [0.717, 1.165) is 42.5 Å². The van der Waals surface area contributed by atoms with E-state index in [1.165, 1.54) is 12.7 Å². The molecule has 1 saturated carbocycles. The average molecular weight is 352 g/mol. The molecule has 6 heteroatoms. The van der Waals surface area contributed by atoms with Crippen LogP contribution in [-0.2, 0) is 9.53 Å². The first kappa shape index (κ1) is 16.8. The van der Waals surface area contributed by atoms with E-state index >= 15 is 0 Å². The van der Waals surface area contributed by atoms with Crippen molar-refractivity contribution in [1.82, 2.24) is 14.8 Å². The van der Waals surface area contributed by atoms with Crippen LogP contribution in [0.4, 0.5) is 5.95 Å². The summed E-state index contributed by atoms with van der Waals surface area (Å²) < 4.78 is 7.64. The fourth-order valence-electron chi connectivity index (χ4n) is 3.90. The van der Waals surface area contributed by atoms with Crippen molar-refractivity contribution >= 4 is 11.9 Å². The number of nitrogens with zero attached hydrogens (tertiary/aromatic N) is 3. The zero-order valence-electron chi connectivity index (χ0n) is 15.2. The van der Waals surface area contributed by atoms with Gasteiger partial charge in [0.2, 0.25) is 5.95 Å². The summed E-state index contributed by atoms with van der Waals surface area (Å²) in [5.41, 5.74) is 3.53. The Balaban J connectivity index is 1.71. The molecule has 0 amide bonds. The molecule has 6 nitrogen and oxygen atoms in total. The molecule has 26 heavy (non-hydrogen) atoms. The van der Waals surface area contributed by atoms with Gasteiger partial charge in [-0.25, -0.2) is 9.48 Å². The molecule has 0 radical (unpaired) electrons. The molecule has 2 aromatic rings. The summed E-state index contributed by atoms with van der Waals surface area (Å²) in [6, 6.07) is 7.83. The molecule has 1 atom stereocenters. The molecule has 0 bridgehead atoms. The van der Waals surface area contributed by atoms with E-state index in [1.807, 2.05) is 32.0 Å². The SMILES string of the molecule is CC1=C(C(=O)OC2CCCCC2)C(c2cccc(C)c2)n2ncnc2N1. The molecule has 1 aliphatic carbocycles. The summed E-state index contributed by atoms with van der Waals surface area (Å²) in [6.45, 7) is 3.95. The highest BCUT2D eigenvalue weighted by Crippen LogP contribution is 2.36. The van der Waals surface area contributed by atoms with E-state index in [0.29, 0.717) is 11.5 Å². The summed E-state index contributed by atoms with van der Waals surface area (Å²) in [5.74, 6) is 0.387. The van der Waals surface area contributed by atoms with Crippen LogP contribution in [0, 0.1) is 6.92 Å². The molecule has 136 valence electrons. The third-order valence-electron chi connectivity index (χ3n) is 5.20. The van der Waals surface area contributed by atoms with Gasteiger partial charge < -0.3 is 10.1 Å². The standard InChI is InChI=1S/C20H24N4O2/c1-13-7-6-8-15(11-13)18-17(14(2)23-20-21-12-22-24(18)20)19(25)26-16-9-4-3-5-10-16/h6-8,11-12,16,18H,3-5,9-10H2,1-2H3,(H,21,22,23). The van der Waals surface area contributed by atoms with E-state index in [9.17, 15) is 4.79 Å². The molecule has 1 aliphatic heterocycles. The lowest BCUT2D eigenvalue weighted by atomic mass is 9.94. The maximum absolute atomic E-state index is 13.1. The van der Waals surface area contributed by atoms with Gasteiger partial charge in [-0.2, -0.15) is 10.1 Å². The van der Waals surface area contributed by atoms with Crippen molar-refractivity contribution in [3.05, 3.63) is 53.0 Å².